The van der Waals surface area contributed by atoms with Crippen LogP contribution < -0.4 is 5.32 Å². The molecule has 0 spiro atoms. The maximum atomic E-state index is 12.2. The number of fused-ring (bicyclic) bond motifs is 1. The van der Waals surface area contributed by atoms with Gasteiger partial charge in [-0.3, -0.25) is 4.79 Å². The lowest BCUT2D eigenvalue weighted by Crippen LogP contribution is -2.45. The van der Waals surface area contributed by atoms with E-state index in [-0.39, 0.29) is 24.2 Å². The standard InChI is InChI=1S/C17H21NO3S/c1-4-21-17(20)16(11(2)3)18-15(19)10-13-9-12-7-5-6-8-14(12)22-13/h5-9,11,16H,4,10H2,1-3H3,(H,18,19)/t16-/m1/s1. The van der Waals surface area contributed by atoms with E-state index in [4.69, 9.17) is 4.74 Å². The zero-order valence-corrected chi connectivity index (χ0v) is 13.9. The second-order valence-corrected chi connectivity index (χ2v) is 6.64. The first-order valence-electron chi connectivity index (χ1n) is 7.44. The molecule has 2 rings (SSSR count). The third kappa shape index (κ3) is 4.07. The Hall–Kier alpha value is -1.88. The lowest BCUT2D eigenvalue weighted by Gasteiger charge is -2.20. The van der Waals surface area contributed by atoms with E-state index in [0.717, 1.165) is 15.0 Å². The molecule has 5 heteroatoms. The number of hydrogen-bond donors (Lipinski definition) is 1. The average Bonchev–Trinajstić information content (AvgIpc) is 2.86. The summed E-state index contributed by atoms with van der Waals surface area (Å²) < 4.78 is 6.18. The summed E-state index contributed by atoms with van der Waals surface area (Å²) in [5, 5.41) is 3.93. The molecule has 1 aromatic carbocycles. The van der Waals surface area contributed by atoms with Crippen LogP contribution in [0.15, 0.2) is 30.3 Å². The fraction of sp³-hybridized carbons (Fsp3) is 0.412. The van der Waals surface area contributed by atoms with Gasteiger partial charge in [0.05, 0.1) is 13.0 Å². The zero-order chi connectivity index (χ0) is 16.1. The first-order valence-corrected chi connectivity index (χ1v) is 8.26. The largest absolute Gasteiger partial charge is 0.464 e. The van der Waals surface area contributed by atoms with E-state index in [1.54, 1.807) is 18.3 Å². The molecule has 0 fully saturated rings. The van der Waals surface area contributed by atoms with Gasteiger partial charge in [0.15, 0.2) is 0 Å². The Bertz CT molecular complexity index is 630. The molecule has 0 radical (unpaired) electrons. The molecule has 1 atom stereocenters. The molecule has 0 saturated heterocycles. The highest BCUT2D eigenvalue weighted by molar-refractivity contribution is 7.19. The minimum absolute atomic E-state index is 0.00888. The van der Waals surface area contributed by atoms with Crippen LogP contribution in [0.25, 0.3) is 10.1 Å². The number of hydrogen-bond acceptors (Lipinski definition) is 4. The van der Waals surface area contributed by atoms with E-state index in [1.807, 2.05) is 44.2 Å². The van der Waals surface area contributed by atoms with Crippen molar-refractivity contribution in [2.75, 3.05) is 6.61 Å². The summed E-state index contributed by atoms with van der Waals surface area (Å²) >= 11 is 1.60. The fourth-order valence-corrected chi connectivity index (χ4v) is 3.30. The third-order valence-corrected chi connectivity index (χ3v) is 4.45. The van der Waals surface area contributed by atoms with Gasteiger partial charge in [0, 0.05) is 9.58 Å². The van der Waals surface area contributed by atoms with E-state index >= 15 is 0 Å². The molecule has 0 aliphatic heterocycles. The number of amides is 1. The minimum Gasteiger partial charge on any atom is -0.464 e. The van der Waals surface area contributed by atoms with Crippen LogP contribution in [-0.2, 0) is 20.7 Å². The van der Waals surface area contributed by atoms with Crippen molar-refractivity contribution in [1.29, 1.82) is 0 Å². The summed E-state index contributed by atoms with van der Waals surface area (Å²) in [5.74, 6) is -0.536. The number of rotatable bonds is 6. The Morgan fingerprint density at radius 1 is 1.27 bits per heavy atom. The molecule has 22 heavy (non-hydrogen) atoms. The van der Waals surface area contributed by atoms with Gasteiger partial charge in [-0.2, -0.15) is 0 Å². The number of ether oxygens (including phenoxy) is 1. The molecule has 1 amide bonds. The molecule has 0 unspecified atom stereocenters. The molecule has 1 N–H and O–H groups in total. The van der Waals surface area contributed by atoms with Gasteiger partial charge in [-0.1, -0.05) is 32.0 Å². The molecule has 0 aliphatic rings. The molecule has 0 aliphatic carbocycles. The Labute approximate surface area is 134 Å². The SMILES string of the molecule is CCOC(=O)[C@H](NC(=O)Cc1cc2ccccc2s1)C(C)C. The lowest BCUT2D eigenvalue weighted by atomic mass is 10.0. The Balaban J connectivity index is 2.02. The van der Waals surface area contributed by atoms with Crippen molar-refractivity contribution >= 4 is 33.3 Å². The minimum atomic E-state index is -0.596. The van der Waals surface area contributed by atoms with E-state index in [1.165, 1.54) is 0 Å². The Morgan fingerprint density at radius 2 is 2.00 bits per heavy atom. The normalized spacial score (nSPS) is 12.4. The van der Waals surface area contributed by atoms with Crippen LogP contribution >= 0.6 is 11.3 Å². The third-order valence-electron chi connectivity index (χ3n) is 3.34. The van der Waals surface area contributed by atoms with Crippen LogP contribution in [0.5, 0.6) is 0 Å². The van der Waals surface area contributed by atoms with Crippen molar-refractivity contribution in [2.24, 2.45) is 5.92 Å². The number of carbonyl (C=O) groups excluding carboxylic acids is 2. The number of thiophene rings is 1. The van der Waals surface area contributed by atoms with E-state index in [2.05, 4.69) is 5.32 Å². The fourth-order valence-electron chi connectivity index (χ4n) is 2.24. The number of benzene rings is 1. The van der Waals surface area contributed by atoms with Gasteiger partial charge in [-0.25, -0.2) is 4.79 Å². The van der Waals surface area contributed by atoms with Crippen LogP contribution in [-0.4, -0.2) is 24.5 Å². The summed E-state index contributed by atoms with van der Waals surface area (Å²) in [7, 11) is 0. The molecule has 0 bridgehead atoms. The van der Waals surface area contributed by atoms with Gasteiger partial charge in [0.2, 0.25) is 5.91 Å². The van der Waals surface area contributed by atoms with Crippen LogP contribution in [0.1, 0.15) is 25.6 Å². The summed E-state index contributed by atoms with van der Waals surface area (Å²) in [6, 6.07) is 9.46. The summed E-state index contributed by atoms with van der Waals surface area (Å²) in [6.07, 6.45) is 0.280. The topological polar surface area (TPSA) is 55.4 Å². The molecule has 4 nitrogen and oxygen atoms in total. The number of nitrogens with one attached hydrogen (secondary N) is 1. The molecule has 1 heterocycles. The molecular weight excluding hydrogens is 298 g/mol. The Morgan fingerprint density at radius 3 is 2.64 bits per heavy atom. The summed E-state index contributed by atoms with van der Waals surface area (Å²) in [4.78, 5) is 25.1. The number of esters is 1. The quantitative estimate of drug-likeness (QED) is 0.832. The Kier molecular flexibility index (Phi) is 5.55. The van der Waals surface area contributed by atoms with E-state index in [9.17, 15) is 9.59 Å². The van der Waals surface area contributed by atoms with Gasteiger partial charge in [0.1, 0.15) is 6.04 Å². The highest BCUT2D eigenvalue weighted by atomic mass is 32.1. The van der Waals surface area contributed by atoms with Crippen molar-refractivity contribution in [3.05, 3.63) is 35.2 Å². The van der Waals surface area contributed by atoms with Gasteiger partial charge in [-0.15, -0.1) is 11.3 Å². The first kappa shape index (κ1) is 16.5. The van der Waals surface area contributed by atoms with Crippen molar-refractivity contribution < 1.29 is 14.3 Å². The maximum Gasteiger partial charge on any atom is 0.328 e. The van der Waals surface area contributed by atoms with Gasteiger partial charge < -0.3 is 10.1 Å². The van der Waals surface area contributed by atoms with Gasteiger partial charge >= 0.3 is 5.97 Å². The average molecular weight is 319 g/mol. The summed E-state index contributed by atoms with van der Waals surface area (Å²) in [6.45, 7) is 5.85. The smallest absolute Gasteiger partial charge is 0.328 e. The highest BCUT2D eigenvalue weighted by Crippen LogP contribution is 2.25. The van der Waals surface area contributed by atoms with Crippen LogP contribution in [0.4, 0.5) is 0 Å². The van der Waals surface area contributed by atoms with Crippen molar-refractivity contribution in [3.63, 3.8) is 0 Å². The van der Waals surface area contributed by atoms with Crippen LogP contribution in [0, 0.1) is 5.92 Å². The molecule has 1 aromatic heterocycles. The van der Waals surface area contributed by atoms with Crippen LogP contribution in [0.2, 0.25) is 0 Å². The van der Waals surface area contributed by atoms with Crippen molar-refractivity contribution in [3.8, 4) is 0 Å². The van der Waals surface area contributed by atoms with Crippen LogP contribution in [0.3, 0.4) is 0 Å². The monoisotopic (exact) mass is 319 g/mol. The predicted octanol–water partition coefficient (Wildman–Crippen LogP) is 3.15. The second kappa shape index (κ2) is 7.40. The molecular formula is C17H21NO3S. The maximum absolute atomic E-state index is 12.2. The highest BCUT2D eigenvalue weighted by Gasteiger charge is 2.25. The lowest BCUT2D eigenvalue weighted by molar-refractivity contribution is -0.148. The van der Waals surface area contributed by atoms with Gasteiger partial charge in [-0.05, 0) is 30.4 Å². The van der Waals surface area contributed by atoms with Crippen molar-refractivity contribution in [2.45, 2.75) is 33.2 Å². The number of carbonyl (C=O) groups is 2. The van der Waals surface area contributed by atoms with Gasteiger partial charge in [0.25, 0.3) is 0 Å². The molecule has 118 valence electrons. The zero-order valence-electron chi connectivity index (χ0n) is 13.1. The molecule has 0 saturated carbocycles. The van der Waals surface area contributed by atoms with E-state index in [0.29, 0.717) is 6.61 Å². The predicted molar refractivity (Wildman–Crippen MR) is 88.9 cm³/mol. The van der Waals surface area contributed by atoms with E-state index < -0.39 is 6.04 Å². The second-order valence-electron chi connectivity index (χ2n) is 5.47. The first-order chi connectivity index (χ1) is 10.5. The summed E-state index contributed by atoms with van der Waals surface area (Å²) in [5.41, 5.74) is 0. The van der Waals surface area contributed by atoms with Crippen molar-refractivity contribution in [1.82, 2.24) is 5.32 Å². The molecule has 2 aromatic rings.